The second-order valence-electron chi connectivity index (χ2n) is 9.29. The summed E-state index contributed by atoms with van der Waals surface area (Å²) in [5.41, 5.74) is 1.60. The van der Waals surface area contributed by atoms with Gasteiger partial charge < -0.3 is 9.47 Å². The van der Waals surface area contributed by atoms with Crippen LogP contribution in [0.1, 0.15) is 49.5 Å². The number of imide groups is 1. The molecule has 1 fully saturated rings. The molecule has 6 nitrogen and oxygen atoms in total. The van der Waals surface area contributed by atoms with E-state index in [1.54, 1.807) is 13.8 Å². The molecule has 0 bridgehead atoms. The molecule has 2 amide bonds. The first-order valence-electron chi connectivity index (χ1n) is 11.7. The topological polar surface area (TPSA) is 72.9 Å². The van der Waals surface area contributed by atoms with Gasteiger partial charge in [-0.25, -0.2) is 14.5 Å². The lowest BCUT2D eigenvalue weighted by atomic mass is 9.80. The van der Waals surface area contributed by atoms with E-state index in [-0.39, 0.29) is 6.61 Å². The minimum atomic E-state index is -1.06. The number of hydrogen-bond acceptors (Lipinski definition) is 5. The second-order valence-corrected chi connectivity index (χ2v) is 9.29. The molecule has 1 aliphatic heterocycles. The Labute approximate surface area is 205 Å². The van der Waals surface area contributed by atoms with Crippen LogP contribution >= 0.6 is 0 Å². The van der Waals surface area contributed by atoms with Gasteiger partial charge in [0.1, 0.15) is 12.6 Å². The maximum absolute atomic E-state index is 13.5. The van der Waals surface area contributed by atoms with Crippen LogP contribution in [0.3, 0.4) is 0 Å². The monoisotopic (exact) mass is 471 g/mol. The van der Waals surface area contributed by atoms with Crippen LogP contribution in [0.25, 0.3) is 0 Å². The van der Waals surface area contributed by atoms with Gasteiger partial charge in [0.2, 0.25) is 5.91 Å². The molecule has 0 saturated carbocycles. The zero-order valence-corrected chi connectivity index (χ0v) is 19.9. The van der Waals surface area contributed by atoms with Crippen molar-refractivity contribution in [2.45, 2.75) is 45.4 Å². The molecule has 35 heavy (non-hydrogen) atoms. The van der Waals surface area contributed by atoms with E-state index in [1.807, 2.05) is 91.0 Å². The van der Waals surface area contributed by atoms with Crippen molar-refractivity contribution in [1.82, 2.24) is 4.90 Å². The number of hydrogen-bond donors (Lipinski definition) is 0. The highest BCUT2D eigenvalue weighted by molar-refractivity contribution is 6.00. The lowest BCUT2D eigenvalue weighted by molar-refractivity contribution is -0.164. The second kappa shape index (κ2) is 10.6. The number of rotatable bonds is 6. The summed E-state index contributed by atoms with van der Waals surface area (Å²) in [5, 5.41) is 0. The number of amides is 2. The molecule has 0 unspecified atom stereocenters. The molecule has 1 heterocycles. The number of carbonyl (C=O) groups is 3. The minimum absolute atomic E-state index is 0.00229. The summed E-state index contributed by atoms with van der Waals surface area (Å²) in [6.07, 6.45) is -0.759. The van der Waals surface area contributed by atoms with Crippen LogP contribution in [0.5, 0.6) is 0 Å². The first-order valence-corrected chi connectivity index (χ1v) is 11.7. The summed E-state index contributed by atoms with van der Waals surface area (Å²) in [6, 6.07) is 26.9. The highest BCUT2D eigenvalue weighted by Gasteiger charge is 2.48. The number of nitrogens with zero attached hydrogens (tertiary/aromatic N) is 1. The van der Waals surface area contributed by atoms with E-state index >= 15 is 0 Å². The van der Waals surface area contributed by atoms with Crippen LogP contribution in [-0.2, 0) is 25.7 Å². The Kier molecular flexibility index (Phi) is 7.30. The molecule has 0 aliphatic carbocycles. The zero-order valence-electron chi connectivity index (χ0n) is 19.9. The van der Waals surface area contributed by atoms with Crippen molar-refractivity contribution >= 4 is 18.0 Å². The van der Waals surface area contributed by atoms with Crippen LogP contribution in [-0.4, -0.2) is 28.9 Å². The zero-order chi connectivity index (χ0) is 24.8. The Morgan fingerprint density at radius 1 is 0.886 bits per heavy atom. The van der Waals surface area contributed by atoms with E-state index < -0.39 is 35.5 Å². The number of likely N-dealkylation sites (tertiary alicyclic amines) is 1. The highest BCUT2D eigenvalue weighted by Crippen LogP contribution is 2.36. The Hall–Kier alpha value is -3.93. The molecule has 0 aromatic heterocycles. The normalized spacial score (nSPS) is 17.2. The summed E-state index contributed by atoms with van der Waals surface area (Å²) >= 11 is 0. The van der Waals surface area contributed by atoms with Crippen LogP contribution < -0.4 is 0 Å². The molecule has 3 aromatic carbocycles. The summed E-state index contributed by atoms with van der Waals surface area (Å²) < 4.78 is 11.4. The van der Waals surface area contributed by atoms with Crippen molar-refractivity contribution in [3.63, 3.8) is 0 Å². The van der Waals surface area contributed by atoms with E-state index in [2.05, 4.69) is 0 Å². The number of esters is 1. The summed E-state index contributed by atoms with van der Waals surface area (Å²) in [7, 11) is 0. The van der Waals surface area contributed by atoms with Gasteiger partial charge >= 0.3 is 12.1 Å². The highest BCUT2D eigenvalue weighted by atomic mass is 16.6. The average molecular weight is 472 g/mol. The number of piperidine rings is 1. The molecule has 1 saturated heterocycles. The van der Waals surface area contributed by atoms with Gasteiger partial charge in [0, 0.05) is 5.41 Å². The van der Waals surface area contributed by atoms with Crippen molar-refractivity contribution < 1.29 is 23.9 Å². The largest absolute Gasteiger partial charge is 0.451 e. The van der Waals surface area contributed by atoms with E-state index in [4.69, 9.17) is 9.47 Å². The smallest absolute Gasteiger partial charge is 0.417 e. The van der Waals surface area contributed by atoms with Crippen LogP contribution in [0.4, 0.5) is 4.79 Å². The SMILES string of the molecule is CC1(C)CC[C@@H](C(=O)OC(c2ccccc2)c2ccccc2)N(C(=O)OCc2ccccc2)C1=O. The molecule has 0 radical (unpaired) electrons. The third-order valence-electron chi connectivity index (χ3n) is 6.26. The van der Waals surface area contributed by atoms with Crippen molar-refractivity contribution in [2.24, 2.45) is 5.41 Å². The molecular formula is C29H29NO5. The minimum Gasteiger partial charge on any atom is -0.451 e. The summed E-state index contributed by atoms with van der Waals surface area (Å²) in [6.45, 7) is 3.54. The third kappa shape index (κ3) is 5.60. The molecule has 1 aliphatic rings. The first-order chi connectivity index (χ1) is 16.9. The Balaban J connectivity index is 1.58. The fraction of sp³-hybridized carbons (Fsp3) is 0.276. The van der Waals surface area contributed by atoms with Crippen molar-refractivity contribution in [3.8, 4) is 0 Å². The molecule has 0 spiro atoms. The van der Waals surface area contributed by atoms with Gasteiger partial charge in [-0.1, -0.05) is 105 Å². The standard InChI is InChI=1S/C29H29NO5/c1-29(2)19-18-24(30(27(29)32)28(33)34-20-21-12-6-3-7-13-21)26(31)35-25(22-14-8-4-9-15-22)23-16-10-5-11-17-23/h3-17,24-25H,18-20H2,1-2H3/t24-/m0/s1. The predicted molar refractivity (Wildman–Crippen MR) is 131 cm³/mol. The molecule has 1 atom stereocenters. The first kappa shape index (κ1) is 24.2. The fourth-order valence-corrected chi connectivity index (χ4v) is 4.20. The van der Waals surface area contributed by atoms with Crippen molar-refractivity contribution in [3.05, 3.63) is 108 Å². The fourth-order valence-electron chi connectivity index (χ4n) is 4.20. The maximum atomic E-state index is 13.5. The summed E-state index contributed by atoms with van der Waals surface area (Å²) in [4.78, 5) is 40.8. The van der Waals surface area contributed by atoms with Gasteiger partial charge in [0.25, 0.3) is 0 Å². The molecule has 3 aromatic rings. The van der Waals surface area contributed by atoms with Crippen molar-refractivity contribution in [2.75, 3.05) is 0 Å². The third-order valence-corrected chi connectivity index (χ3v) is 6.26. The lowest BCUT2D eigenvalue weighted by Gasteiger charge is -2.40. The lowest BCUT2D eigenvalue weighted by Crippen LogP contribution is -2.57. The molecule has 4 rings (SSSR count). The van der Waals surface area contributed by atoms with Crippen LogP contribution in [0, 0.1) is 5.41 Å². The number of benzene rings is 3. The van der Waals surface area contributed by atoms with Gasteiger partial charge in [-0.3, -0.25) is 4.79 Å². The van der Waals surface area contributed by atoms with Gasteiger partial charge in [-0.2, -0.15) is 0 Å². The van der Waals surface area contributed by atoms with Crippen molar-refractivity contribution in [1.29, 1.82) is 0 Å². The Morgan fingerprint density at radius 3 is 1.94 bits per heavy atom. The van der Waals surface area contributed by atoms with Gasteiger partial charge in [-0.05, 0) is 29.5 Å². The van der Waals surface area contributed by atoms with Gasteiger partial charge in [0.15, 0.2) is 6.10 Å². The quantitative estimate of drug-likeness (QED) is 0.433. The predicted octanol–water partition coefficient (Wildman–Crippen LogP) is 5.67. The van der Waals surface area contributed by atoms with Gasteiger partial charge in [0.05, 0.1) is 0 Å². The van der Waals surface area contributed by atoms with E-state index in [1.165, 1.54) is 0 Å². The van der Waals surface area contributed by atoms with Crippen LogP contribution in [0.2, 0.25) is 0 Å². The van der Waals surface area contributed by atoms with Gasteiger partial charge in [-0.15, -0.1) is 0 Å². The molecule has 0 N–H and O–H groups in total. The molecular weight excluding hydrogens is 442 g/mol. The van der Waals surface area contributed by atoms with Crippen LogP contribution in [0.15, 0.2) is 91.0 Å². The summed E-state index contributed by atoms with van der Waals surface area (Å²) in [5.74, 6) is -1.08. The molecule has 180 valence electrons. The Morgan fingerprint density at radius 2 is 1.40 bits per heavy atom. The average Bonchev–Trinajstić information content (AvgIpc) is 2.89. The molecule has 6 heteroatoms. The van der Waals surface area contributed by atoms with E-state index in [0.717, 1.165) is 21.6 Å². The van der Waals surface area contributed by atoms with E-state index in [9.17, 15) is 14.4 Å². The maximum Gasteiger partial charge on any atom is 0.417 e. The number of carbonyl (C=O) groups excluding carboxylic acids is 3. The Bertz CT molecular complexity index is 1120. The number of ether oxygens (including phenoxy) is 2. The van der Waals surface area contributed by atoms with E-state index in [0.29, 0.717) is 12.8 Å².